The molecule has 2 atom stereocenters. The molecule has 1 aliphatic rings. The minimum atomic E-state index is -0.154. The van der Waals surface area contributed by atoms with Crippen LogP contribution in [0.5, 0.6) is 11.5 Å². The lowest BCUT2D eigenvalue weighted by molar-refractivity contribution is 0.0721. The predicted octanol–water partition coefficient (Wildman–Crippen LogP) is 3.20. The normalized spacial score (nSPS) is 19.2. The van der Waals surface area contributed by atoms with E-state index in [4.69, 9.17) is 15.2 Å². The van der Waals surface area contributed by atoms with Crippen molar-refractivity contribution in [3.63, 3.8) is 0 Å². The zero-order chi connectivity index (χ0) is 13.4. The number of hydrogen-bond acceptors (Lipinski definition) is 4. The van der Waals surface area contributed by atoms with E-state index in [1.54, 1.807) is 11.3 Å². The Bertz CT molecular complexity index is 594. The fourth-order valence-corrected chi connectivity index (χ4v) is 3.38. The first-order valence-electron chi connectivity index (χ1n) is 6.36. The minimum absolute atomic E-state index is 0.136. The van der Waals surface area contributed by atoms with Crippen molar-refractivity contribution in [2.45, 2.75) is 26.0 Å². The van der Waals surface area contributed by atoms with Crippen LogP contribution in [0.25, 0.3) is 0 Å². The van der Waals surface area contributed by atoms with Crippen molar-refractivity contribution in [2.75, 3.05) is 6.61 Å². The van der Waals surface area contributed by atoms with Crippen molar-refractivity contribution in [2.24, 2.45) is 5.73 Å². The third-order valence-electron chi connectivity index (χ3n) is 3.37. The third kappa shape index (κ3) is 2.33. The quantitative estimate of drug-likeness (QED) is 0.915. The van der Waals surface area contributed by atoms with Crippen molar-refractivity contribution >= 4 is 11.3 Å². The van der Waals surface area contributed by atoms with Crippen molar-refractivity contribution in [3.05, 3.63) is 45.6 Å². The van der Waals surface area contributed by atoms with Gasteiger partial charge in [0.15, 0.2) is 17.6 Å². The molecule has 1 aromatic carbocycles. The van der Waals surface area contributed by atoms with E-state index >= 15 is 0 Å². The molecule has 100 valence electrons. The van der Waals surface area contributed by atoms with E-state index < -0.39 is 0 Å². The Hall–Kier alpha value is -1.52. The Morgan fingerprint density at radius 3 is 2.68 bits per heavy atom. The fourth-order valence-electron chi connectivity index (χ4n) is 2.39. The van der Waals surface area contributed by atoms with Gasteiger partial charge in [-0.15, -0.1) is 11.3 Å². The van der Waals surface area contributed by atoms with Crippen LogP contribution in [-0.4, -0.2) is 12.7 Å². The summed E-state index contributed by atoms with van der Waals surface area (Å²) in [6.45, 7) is 4.69. The largest absolute Gasteiger partial charge is 0.486 e. The van der Waals surface area contributed by atoms with Gasteiger partial charge < -0.3 is 15.2 Å². The molecule has 4 heteroatoms. The summed E-state index contributed by atoms with van der Waals surface area (Å²) in [5.74, 6) is 1.57. The summed E-state index contributed by atoms with van der Waals surface area (Å²) in [6, 6.07) is 9.70. The Morgan fingerprint density at radius 1 is 1.26 bits per heavy atom. The summed E-state index contributed by atoms with van der Waals surface area (Å²) in [5.41, 5.74) is 7.51. The van der Waals surface area contributed by atoms with Gasteiger partial charge in [-0.1, -0.05) is 12.1 Å². The highest BCUT2D eigenvalue weighted by molar-refractivity contribution is 7.12. The number of nitrogens with two attached hydrogens (primary N) is 1. The standard InChI is InChI=1S/C15H17NO2S/c1-9-7-11(10(2)19-9)15(16)14-8-17-12-5-3-4-6-13(12)18-14/h3-7,14-15H,8,16H2,1-2H3. The third-order valence-corrected chi connectivity index (χ3v) is 4.35. The minimum Gasteiger partial charge on any atom is -0.486 e. The molecule has 2 unspecified atom stereocenters. The molecule has 0 saturated carbocycles. The molecule has 2 N–H and O–H groups in total. The molecule has 3 nitrogen and oxygen atoms in total. The first-order valence-corrected chi connectivity index (χ1v) is 7.18. The van der Waals surface area contributed by atoms with Gasteiger partial charge in [-0.05, 0) is 37.6 Å². The highest BCUT2D eigenvalue weighted by Crippen LogP contribution is 2.35. The summed E-state index contributed by atoms with van der Waals surface area (Å²) in [7, 11) is 0. The molecule has 0 bridgehead atoms. The Kier molecular flexibility index (Phi) is 3.21. The zero-order valence-corrected chi connectivity index (χ0v) is 11.9. The van der Waals surface area contributed by atoms with E-state index in [-0.39, 0.29) is 12.1 Å². The van der Waals surface area contributed by atoms with Crippen LogP contribution in [0.3, 0.4) is 0 Å². The van der Waals surface area contributed by atoms with Gasteiger partial charge in [0.1, 0.15) is 6.61 Å². The maximum atomic E-state index is 6.34. The van der Waals surface area contributed by atoms with Crippen molar-refractivity contribution in [1.82, 2.24) is 0 Å². The molecule has 2 aromatic rings. The van der Waals surface area contributed by atoms with E-state index in [1.165, 1.54) is 9.75 Å². The van der Waals surface area contributed by atoms with E-state index in [0.717, 1.165) is 17.1 Å². The van der Waals surface area contributed by atoms with E-state index in [2.05, 4.69) is 19.9 Å². The average Bonchev–Trinajstić information content (AvgIpc) is 2.76. The Balaban J connectivity index is 1.83. The van der Waals surface area contributed by atoms with Crippen LogP contribution < -0.4 is 15.2 Å². The number of fused-ring (bicyclic) bond motifs is 1. The van der Waals surface area contributed by atoms with E-state index in [0.29, 0.717) is 6.61 Å². The molecule has 19 heavy (non-hydrogen) atoms. The van der Waals surface area contributed by atoms with Crippen LogP contribution in [-0.2, 0) is 0 Å². The second-order valence-electron chi connectivity index (χ2n) is 4.81. The maximum absolute atomic E-state index is 6.34. The number of benzene rings is 1. The highest BCUT2D eigenvalue weighted by atomic mass is 32.1. The van der Waals surface area contributed by atoms with Gasteiger partial charge >= 0.3 is 0 Å². The van der Waals surface area contributed by atoms with E-state index in [1.807, 2.05) is 24.3 Å². The van der Waals surface area contributed by atoms with Crippen LogP contribution in [0.2, 0.25) is 0 Å². The number of thiophene rings is 1. The van der Waals surface area contributed by atoms with Gasteiger partial charge in [-0.2, -0.15) is 0 Å². The van der Waals surface area contributed by atoms with Crippen molar-refractivity contribution in [3.8, 4) is 11.5 Å². The number of aryl methyl sites for hydroxylation is 2. The molecule has 0 aliphatic carbocycles. The fraction of sp³-hybridized carbons (Fsp3) is 0.333. The average molecular weight is 275 g/mol. The number of para-hydroxylation sites is 2. The lowest BCUT2D eigenvalue weighted by Crippen LogP contribution is -2.39. The number of ether oxygens (including phenoxy) is 2. The molecular weight excluding hydrogens is 258 g/mol. The molecule has 2 heterocycles. The first-order chi connectivity index (χ1) is 9.15. The predicted molar refractivity (Wildman–Crippen MR) is 77.1 cm³/mol. The second-order valence-corrected chi connectivity index (χ2v) is 6.27. The molecule has 0 spiro atoms. The maximum Gasteiger partial charge on any atom is 0.161 e. The molecule has 1 aromatic heterocycles. The molecule has 0 amide bonds. The molecule has 1 aliphatic heterocycles. The molecule has 3 rings (SSSR count). The van der Waals surface area contributed by atoms with Crippen LogP contribution in [0.15, 0.2) is 30.3 Å². The Labute approximate surface area is 117 Å². The van der Waals surface area contributed by atoms with Crippen LogP contribution in [0.1, 0.15) is 21.4 Å². The summed E-state index contributed by atoms with van der Waals surface area (Å²) in [6.07, 6.45) is -0.136. The summed E-state index contributed by atoms with van der Waals surface area (Å²) in [4.78, 5) is 2.53. The van der Waals surface area contributed by atoms with Crippen LogP contribution in [0, 0.1) is 13.8 Å². The lowest BCUT2D eigenvalue weighted by Gasteiger charge is -2.30. The van der Waals surface area contributed by atoms with Crippen molar-refractivity contribution < 1.29 is 9.47 Å². The van der Waals surface area contributed by atoms with Gasteiger partial charge in [0.05, 0.1) is 6.04 Å². The van der Waals surface area contributed by atoms with E-state index in [9.17, 15) is 0 Å². The summed E-state index contributed by atoms with van der Waals surface area (Å²) < 4.78 is 11.7. The van der Waals surface area contributed by atoms with Gasteiger partial charge in [-0.25, -0.2) is 0 Å². The van der Waals surface area contributed by atoms with Gasteiger partial charge in [0.25, 0.3) is 0 Å². The SMILES string of the molecule is Cc1cc(C(N)C2COc3ccccc3O2)c(C)s1. The molecular formula is C15H17NO2S. The van der Waals surface area contributed by atoms with Crippen LogP contribution >= 0.6 is 11.3 Å². The molecule has 0 saturated heterocycles. The van der Waals surface area contributed by atoms with Gasteiger partial charge in [0, 0.05) is 9.75 Å². The van der Waals surface area contributed by atoms with Gasteiger partial charge in [0.2, 0.25) is 0 Å². The smallest absolute Gasteiger partial charge is 0.161 e. The summed E-state index contributed by atoms with van der Waals surface area (Å²) in [5, 5.41) is 0. The number of hydrogen-bond donors (Lipinski definition) is 1. The highest BCUT2D eigenvalue weighted by Gasteiger charge is 2.28. The summed E-state index contributed by atoms with van der Waals surface area (Å²) >= 11 is 1.77. The topological polar surface area (TPSA) is 44.5 Å². The molecule has 0 fully saturated rings. The lowest BCUT2D eigenvalue weighted by atomic mass is 10.0. The van der Waals surface area contributed by atoms with Gasteiger partial charge in [-0.3, -0.25) is 0 Å². The molecule has 0 radical (unpaired) electrons. The first kappa shape index (κ1) is 12.5. The Morgan fingerprint density at radius 2 is 2.00 bits per heavy atom. The second kappa shape index (κ2) is 4.87. The number of rotatable bonds is 2. The van der Waals surface area contributed by atoms with Crippen LogP contribution in [0.4, 0.5) is 0 Å². The monoisotopic (exact) mass is 275 g/mol. The van der Waals surface area contributed by atoms with Crippen molar-refractivity contribution in [1.29, 1.82) is 0 Å². The zero-order valence-electron chi connectivity index (χ0n) is 11.1.